The van der Waals surface area contributed by atoms with E-state index in [0.717, 1.165) is 40.6 Å². The minimum Gasteiger partial charge on any atom is -0.483 e. The standard InChI is InChI=1S/C21H28N4S.CH2O2/c1-15-22-23-21(26-15)24-12-17-10-18(14-24)20-9-5-8-19(25(20)13-17)11-16-6-3-2-4-7-16;2-1-3/h2-4,6-7,17-20H,5,8-14H2,1H3;1H,(H,2,3)/t17-,18+,19+,20-;/m0./s1. The topological polar surface area (TPSA) is 69.6 Å². The molecule has 3 saturated heterocycles. The van der Waals surface area contributed by atoms with Gasteiger partial charge in [-0.25, -0.2) is 0 Å². The van der Waals surface area contributed by atoms with Gasteiger partial charge in [-0.1, -0.05) is 48.1 Å². The lowest BCUT2D eigenvalue weighted by Crippen LogP contribution is -2.62. The molecule has 156 valence electrons. The van der Waals surface area contributed by atoms with Crippen molar-refractivity contribution >= 4 is 22.9 Å². The van der Waals surface area contributed by atoms with Gasteiger partial charge >= 0.3 is 0 Å². The SMILES string of the molecule is Cc1nnc(N2C[C@@H]3C[C@H](C2)[C@@H]2CCC[C@H](Cc4ccccc4)N2C3)s1.O=CO. The summed E-state index contributed by atoms with van der Waals surface area (Å²) in [5.74, 6) is 1.58. The molecule has 0 spiro atoms. The minimum atomic E-state index is -0.250. The van der Waals surface area contributed by atoms with Crippen molar-refractivity contribution in [2.24, 2.45) is 11.8 Å². The molecule has 4 atom stereocenters. The number of aromatic nitrogens is 2. The Labute approximate surface area is 176 Å². The van der Waals surface area contributed by atoms with E-state index in [1.807, 2.05) is 0 Å². The van der Waals surface area contributed by atoms with E-state index in [2.05, 4.69) is 57.3 Å². The number of piperidine rings is 3. The average Bonchev–Trinajstić information content (AvgIpc) is 3.16. The third-order valence-corrected chi connectivity index (χ3v) is 7.51. The fourth-order valence-electron chi connectivity index (χ4n) is 5.59. The van der Waals surface area contributed by atoms with Crippen molar-refractivity contribution in [1.82, 2.24) is 15.1 Å². The summed E-state index contributed by atoms with van der Waals surface area (Å²) >= 11 is 1.75. The molecule has 1 aromatic carbocycles. The first kappa shape index (κ1) is 20.3. The quantitative estimate of drug-likeness (QED) is 0.776. The van der Waals surface area contributed by atoms with Gasteiger partial charge < -0.3 is 10.0 Å². The van der Waals surface area contributed by atoms with Gasteiger partial charge in [0.25, 0.3) is 6.47 Å². The Morgan fingerprint density at radius 3 is 2.69 bits per heavy atom. The molecule has 0 radical (unpaired) electrons. The van der Waals surface area contributed by atoms with Crippen LogP contribution in [0.1, 0.15) is 36.3 Å². The van der Waals surface area contributed by atoms with Crippen molar-refractivity contribution in [3.63, 3.8) is 0 Å². The molecule has 1 N–H and O–H groups in total. The van der Waals surface area contributed by atoms with Crippen LogP contribution < -0.4 is 4.90 Å². The second-order valence-electron chi connectivity index (χ2n) is 8.51. The normalized spacial score (nSPS) is 28.8. The molecule has 2 bridgehead atoms. The van der Waals surface area contributed by atoms with E-state index in [1.54, 1.807) is 11.3 Å². The van der Waals surface area contributed by atoms with Crippen LogP contribution in [0.5, 0.6) is 0 Å². The monoisotopic (exact) mass is 414 g/mol. The summed E-state index contributed by atoms with van der Waals surface area (Å²) in [7, 11) is 0. The Kier molecular flexibility index (Phi) is 6.45. The zero-order valence-corrected chi connectivity index (χ0v) is 17.8. The summed E-state index contributed by atoms with van der Waals surface area (Å²) in [6.45, 7) is 5.41. The molecular formula is C22H30N4O2S. The summed E-state index contributed by atoms with van der Waals surface area (Å²) in [6, 6.07) is 12.6. The van der Waals surface area contributed by atoms with Gasteiger partial charge in [-0.3, -0.25) is 9.69 Å². The number of anilines is 1. The molecular weight excluding hydrogens is 384 g/mol. The van der Waals surface area contributed by atoms with Crippen LogP contribution in [0, 0.1) is 18.8 Å². The van der Waals surface area contributed by atoms with Crippen LogP contribution in [0.25, 0.3) is 0 Å². The highest BCUT2D eigenvalue weighted by atomic mass is 32.1. The van der Waals surface area contributed by atoms with Gasteiger partial charge in [0.05, 0.1) is 0 Å². The summed E-state index contributed by atoms with van der Waals surface area (Å²) in [6.07, 6.45) is 6.76. The number of nitrogens with zero attached hydrogens (tertiary/aromatic N) is 4. The van der Waals surface area contributed by atoms with E-state index in [1.165, 1.54) is 50.8 Å². The van der Waals surface area contributed by atoms with Crippen molar-refractivity contribution < 1.29 is 9.90 Å². The average molecular weight is 415 g/mol. The van der Waals surface area contributed by atoms with E-state index >= 15 is 0 Å². The number of fused-ring (bicyclic) bond motifs is 4. The largest absolute Gasteiger partial charge is 0.483 e. The van der Waals surface area contributed by atoms with E-state index in [-0.39, 0.29) is 6.47 Å². The molecule has 2 aromatic rings. The zero-order valence-electron chi connectivity index (χ0n) is 17.0. The molecule has 29 heavy (non-hydrogen) atoms. The van der Waals surface area contributed by atoms with Crippen LogP contribution in [0.2, 0.25) is 0 Å². The number of aryl methyl sites for hydroxylation is 1. The van der Waals surface area contributed by atoms with E-state index in [4.69, 9.17) is 9.90 Å². The highest BCUT2D eigenvalue weighted by Crippen LogP contribution is 2.41. The van der Waals surface area contributed by atoms with Crippen molar-refractivity contribution in [3.05, 3.63) is 40.9 Å². The first-order valence-corrected chi connectivity index (χ1v) is 11.4. The summed E-state index contributed by atoms with van der Waals surface area (Å²) in [5, 5.41) is 17.8. The predicted molar refractivity (Wildman–Crippen MR) is 115 cm³/mol. The maximum Gasteiger partial charge on any atom is 0.290 e. The molecule has 3 aliphatic rings. The van der Waals surface area contributed by atoms with Gasteiger partial charge in [0.15, 0.2) is 0 Å². The number of carbonyl (C=O) groups is 1. The third-order valence-electron chi connectivity index (χ3n) is 6.62. The zero-order chi connectivity index (χ0) is 20.2. The maximum absolute atomic E-state index is 8.36. The highest BCUT2D eigenvalue weighted by Gasteiger charge is 2.44. The smallest absolute Gasteiger partial charge is 0.290 e. The van der Waals surface area contributed by atoms with Gasteiger partial charge in [-0.2, -0.15) is 0 Å². The summed E-state index contributed by atoms with van der Waals surface area (Å²) in [5.41, 5.74) is 1.50. The number of hydrogen-bond donors (Lipinski definition) is 1. The molecule has 3 fully saturated rings. The predicted octanol–water partition coefficient (Wildman–Crippen LogP) is 3.47. The molecule has 0 unspecified atom stereocenters. The van der Waals surface area contributed by atoms with Crippen molar-refractivity contribution in [2.75, 3.05) is 24.5 Å². The number of hydrogen-bond acceptors (Lipinski definition) is 6. The van der Waals surface area contributed by atoms with Gasteiger partial charge in [-0.05, 0) is 50.0 Å². The van der Waals surface area contributed by atoms with Crippen LogP contribution in [-0.4, -0.2) is 58.4 Å². The third kappa shape index (κ3) is 4.61. The molecule has 5 rings (SSSR count). The van der Waals surface area contributed by atoms with E-state index in [9.17, 15) is 0 Å². The lowest BCUT2D eigenvalue weighted by molar-refractivity contribution is -0.122. The first-order valence-electron chi connectivity index (χ1n) is 10.6. The Bertz CT molecular complexity index is 799. The van der Waals surface area contributed by atoms with Crippen LogP contribution in [0.15, 0.2) is 30.3 Å². The molecule has 4 heterocycles. The van der Waals surface area contributed by atoms with Gasteiger partial charge in [0.1, 0.15) is 5.01 Å². The lowest BCUT2D eigenvalue weighted by atomic mass is 9.74. The van der Waals surface area contributed by atoms with Gasteiger partial charge in [0.2, 0.25) is 5.13 Å². The van der Waals surface area contributed by atoms with Gasteiger partial charge in [0, 0.05) is 31.7 Å². The Morgan fingerprint density at radius 1 is 1.17 bits per heavy atom. The Hall–Kier alpha value is -1.99. The highest BCUT2D eigenvalue weighted by molar-refractivity contribution is 7.15. The van der Waals surface area contributed by atoms with Gasteiger partial charge in [-0.15, -0.1) is 10.2 Å². The van der Waals surface area contributed by atoms with Crippen molar-refractivity contribution in [3.8, 4) is 0 Å². The fourth-order valence-corrected chi connectivity index (χ4v) is 6.29. The molecule has 0 amide bonds. The number of benzene rings is 1. The molecule has 6 nitrogen and oxygen atoms in total. The van der Waals surface area contributed by atoms with Crippen LogP contribution >= 0.6 is 11.3 Å². The van der Waals surface area contributed by atoms with Crippen LogP contribution in [-0.2, 0) is 11.2 Å². The Balaban J connectivity index is 0.000000645. The summed E-state index contributed by atoms with van der Waals surface area (Å²) in [4.78, 5) is 13.8. The van der Waals surface area contributed by atoms with E-state index in [0.29, 0.717) is 0 Å². The van der Waals surface area contributed by atoms with E-state index < -0.39 is 0 Å². The second kappa shape index (κ2) is 9.22. The fraction of sp³-hybridized carbons (Fsp3) is 0.591. The molecule has 0 saturated carbocycles. The van der Waals surface area contributed by atoms with Crippen LogP contribution in [0.4, 0.5) is 5.13 Å². The lowest BCUT2D eigenvalue weighted by Gasteiger charge is -2.55. The maximum atomic E-state index is 8.36. The summed E-state index contributed by atoms with van der Waals surface area (Å²) < 4.78 is 0. The Morgan fingerprint density at radius 2 is 1.97 bits per heavy atom. The second-order valence-corrected chi connectivity index (χ2v) is 9.67. The molecule has 7 heteroatoms. The number of carboxylic acid groups (broad SMARTS) is 1. The number of rotatable bonds is 3. The molecule has 0 aliphatic carbocycles. The first-order chi connectivity index (χ1) is 14.2. The van der Waals surface area contributed by atoms with Crippen molar-refractivity contribution in [1.29, 1.82) is 0 Å². The van der Waals surface area contributed by atoms with Crippen molar-refractivity contribution in [2.45, 2.75) is 51.1 Å². The minimum absolute atomic E-state index is 0.250. The molecule has 3 aliphatic heterocycles. The van der Waals surface area contributed by atoms with Crippen LogP contribution in [0.3, 0.4) is 0 Å². The molecule has 1 aromatic heterocycles.